The number of amides is 5. The van der Waals surface area contributed by atoms with Crippen LogP contribution in [0.15, 0.2) is 103 Å². The normalized spacial score (nSPS) is 15.7. The zero-order valence-corrected chi connectivity index (χ0v) is 37.7. The summed E-state index contributed by atoms with van der Waals surface area (Å²) in [4.78, 5) is 67.7. The third kappa shape index (κ3) is 11.6. The Kier molecular flexibility index (Phi) is 14.6. The van der Waals surface area contributed by atoms with Crippen molar-refractivity contribution in [3.8, 4) is 11.3 Å². The summed E-state index contributed by atoms with van der Waals surface area (Å²) in [6.07, 6.45) is 0.633. The molecule has 5 unspecified atom stereocenters. The van der Waals surface area contributed by atoms with Gasteiger partial charge in [-0.25, -0.2) is 14.6 Å². The van der Waals surface area contributed by atoms with Crippen LogP contribution in [0.3, 0.4) is 0 Å². The van der Waals surface area contributed by atoms with Gasteiger partial charge in [0.25, 0.3) is 0 Å². The van der Waals surface area contributed by atoms with Gasteiger partial charge in [0.15, 0.2) is 0 Å². The number of aryl methyl sites for hydroxylation is 1. The van der Waals surface area contributed by atoms with Crippen LogP contribution in [0.4, 0.5) is 9.59 Å². The predicted octanol–water partition coefficient (Wildman–Crippen LogP) is 6.78. The van der Waals surface area contributed by atoms with Gasteiger partial charge in [-0.05, 0) is 65.5 Å². The van der Waals surface area contributed by atoms with E-state index in [4.69, 9.17) is 9.72 Å². The minimum atomic E-state index is -0.999. The molecule has 0 radical (unpaired) electrons. The molecule has 0 aliphatic carbocycles. The van der Waals surface area contributed by atoms with Crippen molar-refractivity contribution in [2.24, 2.45) is 17.9 Å². The molecule has 0 bridgehead atoms. The molecule has 5 amide bonds. The number of hydrogen-bond acceptors (Lipinski definition) is 8. The molecule has 0 saturated carbocycles. The van der Waals surface area contributed by atoms with Crippen LogP contribution in [0.5, 0.6) is 0 Å². The summed E-state index contributed by atoms with van der Waals surface area (Å²) in [6, 6.07) is 27.7. The first-order chi connectivity index (χ1) is 29.9. The highest BCUT2D eigenvalue weighted by atomic mass is 16.5. The second-order valence-electron chi connectivity index (χ2n) is 18.6. The van der Waals surface area contributed by atoms with E-state index in [1.165, 1.54) is 7.11 Å². The molecule has 1 saturated heterocycles. The van der Waals surface area contributed by atoms with E-state index in [1.807, 2.05) is 150 Å². The van der Waals surface area contributed by atoms with Gasteiger partial charge in [0.1, 0.15) is 17.9 Å². The van der Waals surface area contributed by atoms with Crippen molar-refractivity contribution in [2.45, 2.75) is 97.6 Å². The van der Waals surface area contributed by atoms with Crippen molar-refractivity contribution in [3.63, 3.8) is 0 Å². The number of rotatable bonds is 16. The van der Waals surface area contributed by atoms with E-state index in [2.05, 4.69) is 20.9 Å². The van der Waals surface area contributed by atoms with E-state index < -0.39 is 53.1 Å². The number of para-hydroxylation sites is 2. The molecule has 1 fully saturated rings. The third-order valence-corrected chi connectivity index (χ3v) is 11.6. The van der Waals surface area contributed by atoms with Gasteiger partial charge in [-0.2, -0.15) is 0 Å². The smallest absolute Gasteiger partial charge is 0.407 e. The van der Waals surface area contributed by atoms with Crippen LogP contribution in [-0.4, -0.2) is 97.8 Å². The Hall–Kier alpha value is -6.28. The molecule has 1 aliphatic heterocycles. The van der Waals surface area contributed by atoms with E-state index in [0.717, 1.165) is 39.2 Å². The van der Waals surface area contributed by atoms with Gasteiger partial charge in [-0.15, -0.1) is 0 Å². The number of urea groups is 1. The Morgan fingerprint density at radius 2 is 1.48 bits per heavy atom. The summed E-state index contributed by atoms with van der Waals surface area (Å²) in [7, 11) is 3.18. The molecular formula is C49H62N8O6. The summed E-state index contributed by atoms with van der Waals surface area (Å²) in [5, 5.41) is 21.0. The zero-order chi connectivity index (χ0) is 45.5. The van der Waals surface area contributed by atoms with E-state index in [9.17, 15) is 24.3 Å². The molecule has 5 aromatic rings. The lowest BCUT2D eigenvalue weighted by Gasteiger charge is -2.37. The predicted molar refractivity (Wildman–Crippen MR) is 243 cm³/mol. The number of alkyl carbamates (subject to hydrolysis) is 1. The van der Waals surface area contributed by atoms with E-state index >= 15 is 0 Å². The Bertz CT molecular complexity index is 2340. The number of aromatic nitrogens is 3. The molecule has 2 aromatic heterocycles. The lowest BCUT2D eigenvalue weighted by atomic mass is 9.84. The van der Waals surface area contributed by atoms with Gasteiger partial charge in [-0.1, -0.05) is 114 Å². The first kappa shape index (κ1) is 46.2. The van der Waals surface area contributed by atoms with Crippen molar-refractivity contribution in [2.75, 3.05) is 20.2 Å². The number of ether oxygens (including phenoxy) is 1. The highest BCUT2D eigenvalue weighted by Gasteiger charge is 2.44. The lowest BCUT2D eigenvalue weighted by molar-refractivity contribution is -0.129. The van der Waals surface area contributed by atoms with Crippen LogP contribution in [0.25, 0.3) is 22.3 Å². The molecule has 4 N–H and O–H groups in total. The van der Waals surface area contributed by atoms with E-state index in [1.54, 1.807) is 16.0 Å². The maximum absolute atomic E-state index is 14.6. The topological polar surface area (TPSA) is 171 Å². The number of carbonyl (C=O) groups is 4. The minimum Gasteiger partial charge on any atom is -0.453 e. The average Bonchev–Trinajstić information content (AvgIpc) is 3.76. The van der Waals surface area contributed by atoms with Crippen LogP contribution in [0, 0.1) is 10.8 Å². The standard InChI is InChI=1S/C49H62N8O6/c1-48(2,3)42(54-46(61)63-8)44(59)51-35(28-32-21-23-34(24-22-32)37-18-14-15-25-50-37)29-36(58)30-39(33-16-10-9-11-17-33)53-45(60)43(49(4,5)6)57-27-26-56(47(57)62)31-41-52-38-19-12-13-20-40(38)55(41)7/h9-25,35-36,39,42-43,58H,26-31H2,1-8H3,(H,51,59)(H,53,60)(H,54,61). The number of benzene rings is 3. The van der Waals surface area contributed by atoms with Crippen LogP contribution >= 0.6 is 0 Å². The Morgan fingerprint density at radius 1 is 0.794 bits per heavy atom. The van der Waals surface area contributed by atoms with Gasteiger partial charge in [0.05, 0.1) is 42.5 Å². The molecule has 5 atom stereocenters. The molecule has 334 valence electrons. The summed E-state index contributed by atoms with van der Waals surface area (Å²) in [5.74, 6) is 0.00354. The summed E-state index contributed by atoms with van der Waals surface area (Å²) >= 11 is 0. The SMILES string of the molecule is COC(=O)NC(C(=O)NC(Cc1ccc(-c2ccccn2)cc1)CC(O)CC(NC(=O)C(N1CCN(Cc2nc3ccccc3n2C)C1=O)C(C)(C)C)c1ccccc1)C(C)(C)C. The number of nitrogens with one attached hydrogen (secondary N) is 3. The number of aliphatic hydroxyl groups excluding tert-OH is 1. The van der Waals surface area contributed by atoms with Crippen molar-refractivity contribution >= 4 is 35.0 Å². The highest BCUT2D eigenvalue weighted by molar-refractivity contribution is 5.89. The number of carbonyl (C=O) groups excluding carboxylic acids is 4. The molecule has 1 aliphatic rings. The molecule has 0 spiro atoms. The van der Waals surface area contributed by atoms with Crippen LogP contribution < -0.4 is 16.0 Å². The number of imidazole rings is 1. The molecule has 6 rings (SSSR count). The number of aliphatic hydroxyl groups is 1. The monoisotopic (exact) mass is 858 g/mol. The number of hydrogen-bond donors (Lipinski definition) is 4. The number of nitrogens with zero attached hydrogens (tertiary/aromatic N) is 5. The van der Waals surface area contributed by atoms with Gasteiger partial charge in [0.2, 0.25) is 11.8 Å². The maximum Gasteiger partial charge on any atom is 0.407 e. The van der Waals surface area contributed by atoms with Crippen molar-refractivity contribution < 1.29 is 29.0 Å². The van der Waals surface area contributed by atoms with Gasteiger partial charge in [0, 0.05) is 37.9 Å². The first-order valence-electron chi connectivity index (χ1n) is 21.6. The Labute approximate surface area is 370 Å². The fourth-order valence-electron chi connectivity index (χ4n) is 8.37. The Balaban J connectivity index is 1.21. The largest absolute Gasteiger partial charge is 0.453 e. The van der Waals surface area contributed by atoms with Crippen molar-refractivity contribution in [1.29, 1.82) is 0 Å². The summed E-state index contributed by atoms with van der Waals surface area (Å²) in [6.45, 7) is 12.5. The minimum absolute atomic E-state index is 0.119. The molecular weight excluding hydrogens is 797 g/mol. The van der Waals surface area contributed by atoms with Gasteiger partial charge < -0.3 is 40.2 Å². The molecule has 3 heterocycles. The van der Waals surface area contributed by atoms with Crippen molar-refractivity contribution in [1.82, 2.24) is 40.3 Å². The fourth-order valence-corrected chi connectivity index (χ4v) is 8.37. The van der Waals surface area contributed by atoms with Gasteiger partial charge >= 0.3 is 12.1 Å². The molecule has 14 heteroatoms. The number of pyridine rings is 1. The van der Waals surface area contributed by atoms with Gasteiger partial charge in [-0.3, -0.25) is 14.6 Å². The third-order valence-electron chi connectivity index (χ3n) is 11.6. The number of fused-ring (bicyclic) bond motifs is 1. The first-order valence-corrected chi connectivity index (χ1v) is 21.6. The van der Waals surface area contributed by atoms with Crippen LogP contribution in [-0.2, 0) is 34.3 Å². The highest BCUT2D eigenvalue weighted by Crippen LogP contribution is 2.31. The van der Waals surface area contributed by atoms with E-state index in [0.29, 0.717) is 26.1 Å². The fraction of sp³-hybridized carbons (Fsp3) is 0.429. The van der Waals surface area contributed by atoms with Crippen molar-refractivity contribution in [3.05, 3.63) is 120 Å². The second-order valence-corrected chi connectivity index (χ2v) is 18.6. The maximum atomic E-state index is 14.6. The summed E-state index contributed by atoms with van der Waals surface area (Å²) < 4.78 is 6.83. The van der Waals surface area contributed by atoms with E-state index in [-0.39, 0.29) is 24.8 Å². The average molecular weight is 859 g/mol. The molecule has 63 heavy (non-hydrogen) atoms. The zero-order valence-electron chi connectivity index (χ0n) is 37.7. The second kappa shape index (κ2) is 19.8. The Morgan fingerprint density at radius 3 is 2.11 bits per heavy atom. The van der Waals surface area contributed by atoms with Crippen LogP contribution in [0.1, 0.15) is 77.4 Å². The molecule has 3 aromatic carbocycles. The lowest BCUT2D eigenvalue weighted by Crippen LogP contribution is -2.56. The summed E-state index contributed by atoms with van der Waals surface area (Å²) in [5.41, 5.74) is 4.00. The molecule has 14 nitrogen and oxygen atoms in total. The van der Waals surface area contributed by atoms with Crippen LogP contribution in [0.2, 0.25) is 0 Å². The quantitative estimate of drug-likeness (QED) is 0.0841. The number of methoxy groups -OCH3 is 1.